The van der Waals surface area contributed by atoms with Gasteiger partial charge in [0.1, 0.15) is 5.82 Å². The number of aromatic amines is 1. The molecule has 0 radical (unpaired) electrons. The number of hydrogen-bond donors (Lipinski definition) is 4. The lowest BCUT2D eigenvalue weighted by Crippen LogP contribution is -2.35. The van der Waals surface area contributed by atoms with Crippen molar-refractivity contribution in [3.8, 4) is 11.4 Å². The number of aromatic nitrogens is 3. The number of anilines is 1. The highest BCUT2D eigenvalue weighted by Crippen LogP contribution is 2.17. The largest absolute Gasteiger partial charge is 0.381 e. The Morgan fingerprint density at radius 2 is 2.00 bits per heavy atom. The summed E-state index contributed by atoms with van der Waals surface area (Å²) < 4.78 is 30.6. The first-order valence-electron chi connectivity index (χ1n) is 8.00. The Bertz CT molecular complexity index is 825. The zero-order valence-electron chi connectivity index (χ0n) is 14.8. The molecule has 0 atom stereocenters. The van der Waals surface area contributed by atoms with Crippen LogP contribution in [0.5, 0.6) is 0 Å². The van der Waals surface area contributed by atoms with Crippen LogP contribution in [0.15, 0.2) is 24.3 Å². The molecule has 5 N–H and O–H groups in total. The Hall–Kier alpha value is -2.05. The third-order valence-corrected chi connectivity index (χ3v) is 4.59. The van der Waals surface area contributed by atoms with Gasteiger partial charge in [-0.3, -0.25) is 9.89 Å². The van der Waals surface area contributed by atoms with Crippen molar-refractivity contribution in [2.45, 2.75) is 13.5 Å². The van der Waals surface area contributed by atoms with E-state index in [1.807, 2.05) is 0 Å². The van der Waals surface area contributed by atoms with Crippen molar-refractivity contribution >= 4 is 34.0 Å². The number of H-pyrrole nitrogens is 1. The van der Waals surface area contributed by atoms with Gasteiger partial charge in [-0.25, -0.2) is 18.1 Å². The monoisotopic (exact) mass is 418 g/mol. The number of rotatable bonds is 10. The molecule has 2 aromatic rings. The summed E-state index contributed by atoms with van der Waals surface area (Å²) in [5.74, 6) is 0.421. The highest BCUT2D eigenvalue weighted by atomic mass is 35.5. The molecular formula is C15H23ClN6O4S. The van der Waals surface area contributed by atoms with E-state index in [-0.39, 0.29) is 37.9 Å². The van der Waals surface area contributed by atoms with E-state index in [4.69, 9.17) is 10.5 Å². The number of benzene rings is 1. The highest BCUT2D eigenvalue weighted by Gasteiger charge is 2.12. The SMILES string of the molecule is CCOCCS(=O)(=O)NCC(=O)Nc1ccc(-c2n[nH]c(CN)n2)cc1.Cl. The smallest absolute Gasteiger partial charge is 0.239 e. The molecule has 0 bridgehead atoms. The molecule has 1 amide bonds. The van der Waals surface area contributed by atoms with Crippen molar-refractivity contribution in [1.29, 1.82) is 0 Å². The van der Waals surface area contributed by atoms with Crippen LogP contribution in [0.2, 0.25) is 0 Å². The number of halogens is 1. The van der Waals surface area contributed by atoms with E-state index in [2.05, 4.69) is 25.2 Å². The molecular weight excluding hydrogens is 396 g/mol. The zero-order valence-corrected chi connectivity index (χ0v) is 16.4. The third kappa shape index (κ3) is 7.61. The fourth-order valence-corrected chi connectivity index (χ4v) is 2.82. The second kappa shape index (κ2) is 10.9. The van der Waals surface area contributed by atoms with Gasteiger partial charge in [0, 0.05) is 17.9 Å². The Kier molecular flexibility index (Phi) is 9.32. The average molecular weight is 419 g/mol. The molecule has 0 aliphatic carbocycles. The second-order valence-electron chi connectivity index (χ2n) is 5.27. The topological polar surface area (TPSA) is 152 Å². The molecule has 0 spiro atoms. The molecule has 0 saturated heterocycles. The third-order valence-electron chi connectivity index (χ3n) is 3.31. The van der Waals surface area contributed by atoms with E-state index >= 15 is 0 Å². The quantitative estimate of drug-likeness (QED) is 0.403. The fourth-order valence-electron chi connectivity index (χ4n) is 1.98. The number of nitrogens with two attached hydrogens (primary N) is 1. The molecule has 1 aromatic heterocycles. The van der Waals surface area contributed by atoms with Crippen LogP contribution in [-0.2, 0) is 26.1 Å². The first-order chi connectivity index (χ1) is 12.4. The summed E-state index contributed by atoms with van der Waals surface area (Å²) >= 11 is 0. The standard InChI is InChI=1S/C15H22N6O4S.ClH/c1-2-25-7-8-26(23,24)17-10-14(22)18-12-5-3-11(4-6-12)15-19-13(9-16)20-21-15;/h3-6,17H,2,7-10,16H2,1H3,(H,18,22)(H,19,20,21);1H. The minimum absolute atomic E-state index is 0. The van der Waals surface area contributed by atoms with Gasteiger partial charge in [0.2, 0.25) is 15.9 Å². The van der Waals surface area contributed by atoms with Crippen LogP contribution in [0, 0.1) is 0 Å². The minimum atomic E-state index is -3.55. The van der Waals surface area contributed by atoms with Crippen LogP contribution in [0.25, 0.3) is 11.4 Å². The van der Waals surface area contributed by atoms with Crippen molar-refractivity contribution in [3.63, 3.8) is 0 Å². The molecule has 2 rings (SSSR count). The second-order valence-corrected chi connectivity index (χ2v) is 7.20. The molecule has 150 valence electrons. The number of nitrogens with zero attached hydrogens (tertiary/aromatic N) is 2. The van der Waals surface area contributed by atoms with Crippen molar-refractivity contribution < 1.29 is 17.9 Å². The van der Waals surface area contributed by atoms with Crippen LogP contribution >= 0.6 is 12.4 Å². The Labute approximate surface area is 163 Å². The molecule has 10 nitrogen and oxygen atoms in total. The normalized spacial score (nSPS) is 11.0. The van der Waals surface area contributed by atoms with Crippen LogP contribution in [0.1, 0.15) is 12.7 Å². The van der Waals surface area contributed by atoms with Gasteiger partial charge < -0.3 is 15.8 Å². The first kappa shape index (κ1) is 23.0. The molecule has 0 saturated carbocycles. The van der Waals surface area contributed by atoms with Crippen LogP contribution < -0.4 is 15.8 Å². The van der Waals surface area contributed by atoms with E-state index in [1.54, 1.807) is 31.2 Å². The number of ether oxygens (including phenoxy) is 1. The van der Waals surface area contributed by atoms with Gasteiger partial charge in [0.15, 0.2) is 5.82 Å². The van der Waals surface area contributed by atoms with Crippen molar-refractivity contribution in [2.75, 3.05) is 30.8 Å². The number of hydrogen-bond acceptors (Lipinski definition) is 7. The number of sulfonamides is 1. The van der Waals surface area contributed by atoms with Gasteiger partial charge in [0.25, 0.3) is 0 Å². The predicted molar refractivity (Wildman–Crippen MR) is 104 cm³/mol. The van der Waals surface area contributed by atoms with Gasteiger partial charge in [-0.2, -0.15) is 5.10 Å². The zero-order chi connectivity index (χ0) is 19.0. The van der Waals surface area contributed by atoms with E-state index in [0.29, 0.717) is 23.9 Å². The Morgan fingerprint density at radius 1 is 1.30 bits per heavy atom. The van der Waals surface area contributed by atoms with Gasteiger partial charge in [-0.05, 0) is 31.2 Å². The maximum atomic E-state index is 11.9. The summed E-state index contributed by atoms with van der Waals surface area (Å²) in [5.41, 5.74) is 6.77. The summed E-state index contributed by atoms with van der Waals surface area (Å²) in [6.45, 7) is 2.21. The molecule has 12 heteroatoms. The summed E-state index contributed by atoms with van der Waals surface area (Å²) in [5, 5.41) is 9.38. The van der Waals surface area contributed by atoms with Gasteiger partial charge in [0.05, 0.1) is 25.4 Å². The Morgan fingerprint density at radius 3 is 2.59 bits per heavy atom. The summed E-state index contributed by atoms with van der Waals surface area (Å²) in [6.07, 6.45) is 0. The molecule has 0 fully saturated rings. The number of carbonyl (C=O) groups excluding carboxylic acids is 1. The summed E-state index contributed by atoms with van der Waals surface area (Å²) in [4.78, 5) is 16.1. The molecule has 0 unspecified atom stereocenters. The first-order valence-corrected chi connectivity index (χ1v) is 9.65. The minimum Gasteiger partial charge on any atom is -0.381 e. The number of nitrogens with one attached hydrogen (secondary N) is 3. The molecule has 1 heterocycles. The van der Waals surface area contributed by atoms with Crippen LogP contribution in [0.3, 0.4) is 0 Å². The van der Waals surface area contributed by atoms with Gasteiger partial charge >= 0.3 is 0 Å². The van der Waals surface area contributed by atoms with Crippen LogP contribution in [-0.4, -0.2) is 55.0 Å². The maximum absolute atomic E-state index is 11.9. The van der Waals surface area contributed by atoms with E-state index in [9.17, 15) is 13.2 Å². The lowest BCUT2D eigenvalue weighted by Gasteiger charge is -2.08. The maximum Gasteiger partial charge on any atom is 0.239 e. The van der Waals surface area contributed by atoms with E-state index in [1.165, 1.54) is 0 Å². The fraction of sp³-hybridized carbons (Fsp3) is 0.400. The van der Waals surface area contributed by atoms with Crippen LogP contribution in [0.4, 0.5) is 5.69 Å². The molecule has 1 aromatic carbocycles. The lowest BCUT2D eigenvalue weighted by molar-refractivity contribution is -0.115. The molecule has 27 heavy (non-hydrogen) atoms. The van der Waals surface area contributed by atoms with E-state index in [0.717, 1.165) is 5.56 Å². The summed E-state index contributed by atoms with van der Waals surface area (Å²) in [6, 6.07) is 6.83. The number of carbonyl (C=O) groups is 1. The van der Waals surface area contributed by atoms with Gasteiger partial charge in [-0.15, -0.1) is 12.4 Å². The lowest BCUT2D eigenvalue weighted by atomic mass is 10.2. The van der Waals surface area contributed by atoms with Crippen molar-refractivity contribution in [1.82, 2.24) is 19.9 Å². The van der Waals surface area contributed by atoms with Crippen molar-refractivity contribution in [3.05, 3.63) is 30.1 Å². The van der Waals surface area contributed by atoms with E-state index < -0.39 is 15.9 Å². The predicted octanol–water partition coefficient (Wildman–Crippen LogP) is 0.247. The Balaban J connectivity index is 0.00000364. The van der Waals surface area contributed by atoms with Crippen molar-refractivity contribution in [2.24, 2.45) is 5.73 Å². The molecule has 0 aliphatic rings. The average Bonchev–Trinajstić information content (AvgIpc) is 3.10. The van der Waals surface area contributed by atoms with Gasteiger partial charge in [-0.1, -0.05) is 0 Å². The number of amides is 1. The molecule has 0 aliphatic heterocycles. The highest BCUT2D eigenvalue weighted by molar-refractivity contribution is 7.89. The summed E-state index contributed by atoms with van der Waals surface area (Å²) in [7, 11) is -3.55.